The van der Waals surface area contributed by atoms with Gasteiger partial charge < -0.3 is 14.6 Å². The van der Waals surface area contributed by atoms with E-state index in [2.05, 4.69) is 25.4 Å². The molecule has 0 bridgehead atoms. The smallest absolute Gasteiger partial charge is 0.240 e. The molecule has 2 unspecified atom stereocenters. The number of hydrogen-bond donors (Lipinski definition) is 1. The summed E-state index contributed by atoms with van der Waals surface area (Å²) in [5.41, 5.74) is 0.994. The van der Waals surface area contributed by atoms with Gasteiger partial charge in [-0.1, -0.05) is 5.16 Å². The molecule has 2 aromatic rings. The number of likely N-dealkylation sites (N-methyl/N-ethyl adjacent to an activating group) is 1. The molecule has 0 radical (unpaired) electrons. The van der Waals surface area contributed by atoms with E-state index >= 15 is 0 Å². The van der Waals surface area contributed by atoms with Crippen LogP contribution in [0.15, 0.2) is 16.9 Å². The largest absolute Gasteiger partial charge is 0.381 e. The molecule has 1 aliphatic heterocycles. The van der Waals surface area contributed by atoms with Crippen LogP contribution in [0.3, 0.4) is 0 Å². The Bertz CT molecular complexity index is 568. The van der Waals surface area contributed by atoms with E-state index in [1.807, 2.05) is 14.0 Å². The molecule has 20 heavy (non-hydrogen) atoms. The van der Waals surface area contributed by atoms with E-state index in [4.69, 9.17) is 9.26 Å². The van der Waals surface area contributed by atoms with Gasteiger partial charge in [-0.05, 0) is 26.0 Å². The average molecular weight is 275 g/mol. The summed E-state index contributed by atoms with van der Waals surface area (Å²) >= 11 is 0. The topological polar surface area (TPSA) is 86.0 Å². The van der Waals surface area contributed by atoms with E-state index in [1.54, 1.807) is 12.4 Å². The minimum absolute atomic E-state index is 0.0699. The van der Waals surface area contributed by atoms with Crippen molar-refractivity contribution < 1.29 is 9.26 Å². The zero-order valence-electron chi connectivity index (χ0n) is 11.5. The molecule has 7 nitrogen and oxygen atoms in total. The van der Waals surface area contributed by atoms with Gasteiger partial charge in [0.2, 0.25) is 17.5 Å². The van der Waals surface area contributed by atoms with Crippen LogP contribution in [0.2, 0.25) is 0 Å². The fourth-order valence-corrected chi connectivity index (χ4v) is 2.31. The van der Waals surface area contributed by atoms with Crippen molar-refractivity contribution in [2.45, 2.75) is 25.3 Å². The van der Waals surface area contributed by atoms with Crippen LogP contribution in [-0.2, 0) is 4.74 Å². The van der Waals surface area contributed by atoms with Crippen LogP contribution in [0.5, 0.6) is 0 Å². The summed E-state index contributed by atoms with van der Waals surface area (Å²) in [4.78, 5) is 12.8. The third kappa shape index (κ3) is 2.54. The quantitative estimate of drug-likeness (QED) is 0.891. The van der Waals surface area contributed by atoms with Gasteiger partial charge in [0.15, 0.2) is 0 Å². The van der Waals surface area contributed by atoms with Gasteiger partial charge >= 0.3 is 0 Å². The number of aromatic nitrogens is 4. The number of aryl methyl sites for hydroxylation is 1. The molecule has 2 aromatic heterocycles. The molecule has 3 heterocycles. The molecule has 0 aromatic carbocycles. The lowest BCUT2D eigenvalue weighted by molar-refractivity contribution is 0.0516. The van der Waals surface area contributed by atoms with Crippen molar-refractivity contribution in [3.8, 4) is 11.6 Å². The molecule has 0 spiro atoms. The molecule has 7 heteroatoms. The Morgan fingerprint density at radius 3 is 2.80 bits per heavy atom. The maximum Gasteiger partial charge on any atom is 0.240 e. The fraction of sp³-hybridized carbons (Fsp3) is 0.538. The van der Waals surface area contributed by atoms with Crippen molar-refractivity contribution in [2.75, 3.05) is 20.3 Å². The number of ether oxygens (including phenoxy) is 1. The van der Waals surface area contributed by atoms with Gasteiger partial charge in [0.25, 0.3) is 0 Å². The van der Waals surface area contributed by atoms with Crippen LogP contribution in [0.4, 0.5) is 0 Å². The summed E-state index contributed by atoms with van der Waals surface area (Å²) < 4.78 is 10.9. The first-order valence-corrected chi connectivity index (χ1v) is 6.65. The van der Waals surface area contributed by atoms with Crippen LogP contribution in [0.25, 0.3) is 11.6 Å². The second kappa shape index (κ2) is 5.64. The Hall–Kier alpha value is -1.86. The molecule has 1 N–H and O–H groups in total. The van der Waals surface area contributed by atoms with Crippen LogP contribution < -0.4 is 5.32 Å². The predicted molar refractivity (Wildman–Crippen MR) is 71.1 cm³/mol. The van der Waals surface area contributed by atoms with E-state index in [0.29, 0.717) is 24.1 Å². The van der Waals surface area contributed by atoms with E-state index in [9.17, 15) is 0 Å². The molecule has 1 saturated heterocycles. The summed E-state index contributed by atoms with van der Waals surface area (Å²) in [6.45, 7) is 3.27. The van der Waals surface area contributed by atoms with Crippen molar-refractivity contribution in [1.82, 2.24) is 25.4 Å². The molecule has 106 valence electrons. The molecule has 1 fully saturated rings. The highest BCUT2D eigenvalue weighted by molar-refractivity contribution is 5.41. The lowest BCUT2D eigenvalue weighted by Crippen LogP contribution is -2.39. The van der Waals surface area contributed by atoms with Gasteiger partial charge in [-0.15, -0.1) is 0 Å². The summed E-state index contributed by atoms with van der Waals surface area (Å²) in [7, 11) is 1.93. The Kier molecular flexibility index (Phi) is 3.70. The van der Waals surface area contributed by atoms with E-state index in [-0.39, 0.29) is 12.0 Å². The third-order valence-corrected chi connectivity index (χ3v) is 3.47. The van der Waals surface area contributed by atoms with Gasteiger partial charge in [-0.3, -0.25) is 0 Å². The van der Waals surface area contributed by atoms with Crippen LogP contribution >= 0.6 is 0 Å². The van der Waals surface area contributed by atoms with Crippen LogP contribution in [0, 0.1) is 6.92 Å². The highest BCUT2D eigenvalue weighted by Crippen LogP contribution is 2.25. The molecular weight excluding hydrogens is 258 g/mol. The minimum Gasteiger partial charge on any atom is -0.381 e. The zero-order valence-corrected chi connectivity index (χ0v) is 11.5. The van der Waals surface area contributed by atoms with Gasteiger partial charge in [-0.25, -0.2) is 9.97 Å². The summed E-state index contributed by atoms with van der Waals surface area (Å²) in [5, 5.41) is 7.24. The summed E-state index contributed by atoms with van der Waals surface area (Å²) in [5.74, 6) is 1.53. The number of nitrogens with zero attached hydrogens (tertiary/aromatic N) is 4. The fourth-order valence-electron chi connectivity index (χ4n) is 2.31. The second-order valence-electron chi connectivity index (χ2n) is 4.91. The van der Waals surface area contributed by atoms with Crippen molar-refractivity contribution in [2.24, 2.45) is 0 Å². The SMILES string of the molecule is CNC1CCOCC1c1nc(-c2ncc(C)cn2)no1. The van der Waals surface area contributed by atoms with Crippen molar-refractivity contribution in [3.05, 3.63) is 23.8 Å². The Labute approximate surface area is 116 Å². The normalized spacial score (nSPS) is 22.9. The third-order valence-electron chi connectivity index (χ3n) is 3.47. The second-order valence-corrected chi connectivity index (χ2v) is 4.91. The summed E-state index contributed by atoms with van der Waals surface area (Å²) in [6, 6.07) is 0.288. The molecular formula is C13H17N5O2. The number of hydrogen-bond acceptors (Lipinski definition) is 7. The van der Waals surface area contributed by atoms with Crippen LogP contribution in [-0.4, -0.2) is 46.4 Å². The van der Waals surface area contributed by atoms with E-state index in [1.165, 1.54) is 0 Å². The predicted octanol–water partition coefficient (Wildman–Crippen LogP) is 0.927. The number of nitrogens with one attached hydrogen (secondary N) is 1. The van der Waals surface area contributed by atoms with Crippen LogP contribution in [0.1, 0.15) is 23.8 Å². The van der Waals surface area contributed by atoms with E-state index < -0.39 is 0 Å². The Morgan fingerprint density at radius 1 is 1.25 bits per heavy atom. The van der Waals surface area contributed by atoms with Crippen molar-refractivity contribution >= 4 is 0 Å². The van der Waals surface area contributed by atoms with Gasteiger partial charge in [0.1, 0.15) is 0 Å². The van der Waals surface area contributed by atoms with Crippen molar-refractivity contribution in [3.63, 3.8) is 0 Å². The molecule has 3 rings (SSSR count). The first-order valence-electron chi connectivity index (χ1n) is 6.65. The molecule has 1 aliphatic rings. The lowest BCUT2D eigenvalue weighted by atomic mass is 9.96. The number of rotatable bonds is 3. The lowest BCUT2D eigenvalue weighted by Gasteiger charge is -2.28. The maximum atomic E-state index is 5.50. The highest BCUT2D eigenvalue weighted by Gasteiger charge is 2.31. The molecule has 0 aliphatic carbocycles. The Morgan fingerprint density at radius 2 is 2.05 bits per heavy atom. The monoisotopic (exact) mass is 275 g/mol. The molecule has 0 saturated carbocycles. The van der Waals surface area contributed by atoms with Gasteiger partial charge in [-0.2, -0.15) is 4.98 Å². The average Bonchev–Trinajstić information content (AvgIpc) is 2.97. The highest BCUT2D eigenvalue weighted by atomic mass is 16.5. The van der Waals surface area contributed by atoms with Crippen molar-refractivity contribution in [1.29, 1.82) is 0 Å². The molecule has 0 amide bonds. The summed E-state index contributed by atoms with van der Waals surface area (Å²) in [6.07, 6.45) is 4.40. The van der Waals surface area contributed by atoms with E-state index in [0.717, 1.165) is 18.6 Å². The zero-order chi connectivity index (χ0) is 13.9. The minimum atomic E-state index is 0.0699. The first kappa shape index (κ1) is 13.1. The standard InChI is InChI=1S/C13H17N5O2/c1-8-5-15-11(16-6-8)12-17-13(20-18-12)9-7-19-4-3-10(9)14-2/h5-6,9-10,14H,3-4,7H2,1-2H3. The molecule has 2 atom stereocenters. The van der Waals surface area contributed by atoms with Gasteiger partial charge in [0, 0.05) is 25.0 Å². The van der Waals surface area contributed by atoms with Gasteiger partial charge in [0.05, 0.1) is 12.5 Å². The Balaban J connectivity index is 1.84. The first-order chi connectivity index (χ1) is 9.78. The maximum absolute atomic E-state index is 5.50.